The lowest BCUT2D eigenvalue weighted by Gasteiger charge is -2.43. The second-order valence-corrected chi connectivity index (χ2v) is 8.58. The number of nitrogens with zero attached hydrogens (tertiary/aromatic N) is 4. The van der Waals surface area contributed by atoms with Crippen molar-refractivity contribution in [3.63, 3.8) is 0 Å². The molecule has 3 heterocycles. The van der Waals surface area contributed by atoms with Crippen LogP contribution >= 0.6 is 0 Å². The normalized spacial score (nSPS) is 26.0. The van der Waals surface area contributed by atoms with Crippen molar-refractivity contribution < 1.29 is 9.32 Å². The number of carbonyl (C=O) groups is 1. The standard InChI is InChI=1S/C21H26N4O2/c26-19(17-3-1-4-17)25-12-2-9-21(14-25,13-15-5-6-15)20-23-18(27-24-20)16-7-10-22-11-8-16/h7-8,10-11,15,17H,1-6,9,12-14H2. The van der Waals surface area contributed by atoms with Crippen molar-refractivity contribution >= 4 is 5.91 Å². The Bertz CT molecular complexity index is 813. The number of rotatable bonds is 5. The van der Waals surface area contributed by atoms with Gasteiger partial charge < -0.3 is 9.42 Å². The molecule has 3 fully saturated rings. The third-order valence-electron chi connectivity index (χ3n) is 6.55. The maximum Gasteiger partial charge on any atom is 0.258 e. The van der Waals surface area contributed by atoms with E-state index in [0.29, 0.717) is 11.8 Å². The van der Waals surface area contributed by atoms with E-state index in [1.165, 1.54) is 19.3 Å². The van der Waals surface area contributed by atoms with E-state index in [9.17, 15) is 4.79 Å². The van der Waals surface area contributed by atoms with Crippen molar-refractivity contribution in [3.05, 3.63) is 30.4 Å². The molecule has 0 N–H and O–H groups in total. The summed E-state index contributed by atoms with van der Waals surface area (Å²) in [5.74, 6) is 2.67. The molecule has 0 bridgehead atoms. The summed E-state index contributed by atoms with van der Waals surface area (Å²) in [5.41, 5.74) is 0.733. The first-order chi connectivity index (χ1) is 13.2. The molecular weight excluding hydrogens is 340 g/mol. The van der Waals surface area contributed by atoms with E-state index in [4.69, 9.17) is 9.51 Å². The molecule has 27 heavy (non-hydrogen) atoms. The molecule has 1 aliphatic heterocycles. The van der Waals surface area contributed by atoms with Crippen molar-refractivity contribution in [2.75, 3.05) is 13.1 Å². The lowest BCUT2D eigenvalue weighted by molar-refractivity contribution is -0.140. The minimum absolute atomic E-state index is 0.159. The van der Waals surface area contributed by atoms with Crippen molar-refractivity contribution in [2.45, 2.75) is 56.8 Å². The number of piperidine rings is 1. The van der Waals surface area contributed by atoms with Crippen LogP contribution in [0.15, 0.2) is 29.0 Å². The first-order valence-corrected chi connectivity index (χ1v) is 10.3. The fraction of sp³-hybridized carbons (Fsp3) is 0.619. The van der Waals surface area contributed by atoms with E-state index in [1.807, 2.05) is 12.1 Å². The quantitative estimate of drug-likeness (QED) is 0.808. The van der Waals surface area contributed by atoms with Crippen LogP contribution < -0.4 is 0 Å². The average Bonchev–Trinajstić information content (AvgIpc) is 3.32. The number of aromatic nitrogens is 3. The van der Waals surface area contributed by atoms with Gasteiger partial charge in [0.2, 0.25) is 5.91 Å². The van der Waals surface area contributed by atoms with Crippen LogP contribution in [0.1, 0.15) is 57.2 Å². The molecule has 6 heteroatoms. The molecule has 0 radical (unpaired) electrons. The van der Waals surface area contributed by atoms with Gasteiger partial charge in [-0.15, -0.1) is 0 Å². The topological polar surface area (TPSA) is 72.1 Å². The highest BCUT2D eigenvalue weighted by molar-refractivity contribution is 5.79. The number of hydrogen-bond donors (Lipinski definition) is 0. The summed E-state index contributed by atoms with van der Waals surface area (Å²) in [6.45, 7) is 1.62. The number of hydrogen-bond acceptors (Lipinski definition) is 5. The van der Waals surface area contributed by atoms with Gasteiger partial charge in [-0.05, 0) is 50.2 Å². The second-order valence-electron chi connectivity index (χ2n) is 8.58. The molecule has 1 atom stereocenters. The Morgan fingerprint density at radius 1 is 1.19 bits per heavy atom. The van der Waals surface area contributed by atoms with E-state index in [-0.39, 0.29) is 11.3 Å². The first kappa shape index (κ1) is 16.9. The predicted octanol–water partition coefficient (Wildman–Crippen LogP) is 3.59. The minimum atomic E-state index is -0.159. The molecule has 1 amide bonds. The van der Waals surface area contributed by atoms with Crippen molar-refractivity contribution in [3.8, 4) is 11.5 Å². The zero-order valence-corrected chi connectivity index (χ0v) is 15.6. The fourth-order valence-corrected chi connectivity index (χ4v) is 4.60. The number of likely N-dealkylation sites (tertiary alicyclic amines) is 1. The summed E-state index contributed by atoms with van der Waals surface area (Å²) >= 11 is 0. The summed E-state index contributed by atoms with van der Waals surface area (Å²) in [7, 11) is 0. The number of amides is 1. The Kier molecular flexibility index (Phi) is 4.21. The molecule has 5 rings (SSSR count). The molecule has 0 aromatic carbocycles. The lowest BCUT2D eigenvalue weighted by Crippen LogP contribution is -2.51. The van der Waals surface area contributed by atoms with Gasteiger partial charge in [0, 0.05) is 37.0 Å². The monoisotopic (exact) mass is 366 g/mol. The van der Waals surface area contributed by atoms with Crippen molar-refractivity contribution in [1.29, 1.82) is 0 Å². The van der Waals surface area contributed by atoms with Gasteiger partial charge in [-0.3, -0.25) is 9.78 Å². The fourth-order valence-electron chi connectivity index (χ4n) is 4.60. The highest BCUT2D eigenvalue weighted by Crippen LogP contribution is 2.46. The second kappa shape index (κ2) is 6.73. The SMILES string of the molecule is O=C(C1CCC1)N1CCCC(CC2CC2)(c2noc(-c3ccncc3)n2)C1. The molecule has 6 nitrogen and oxygen atoms in total. The third-order valence-corrected chi connectivity index (χ3v) is 6.55. The third kappa shape index (κ3) is 3.26. The van der Waals surface area contributed by atoms with E-state index < -0.39 is 0 Å². The Balaban J connectivity index is 1.43. The molecule has 1 unspecified atom stereocenters. The predicted molar refractivity (Wildman–Crippen MR) is 99.7 cm³/mol. The van der Waals surface area contributed by atoms with E-state index in [0.717, 1.165) is 62.5 Å². The van der Waals surface area contributed by atoms with Gasteiger partial charge in [0.15, 0.2) is 5.82 Å². The van der Waals surface area contributed by atoms with Crippen LogP contribution in [0.4, 0.5) is 0 Å². The first-order valence-electron chi connectivity index (χ1n) is 10.3. The van der Waals surface area contributed by atoms with Crippen LogP contribution in [0.5, 0.6) is 0 Å². The number of carbonyl (C=O) groups excluding carboxylic acids is 1. The van der Waals surface area contributed by atoms with Crippen LogP contribution in [-0.4, -0.2) is 39.0 Å². The van der Waals surface area contributed by atoms with Gasteiger partial charge >= 0.3 is 0 Å². The lowest BCUT2D eigenvalue weighted by atomic mass is 9.74. The number of pyridine rings is 1. The van der Waals surface area contributed by atoms with Crippen LogP contribution in [0.3, 0.4) is 0 Å². The van der Waals surface area contributed by atoms with E-state index in [2.05, 4.69) is 15.0 Å². The summed E-state index contributed by atoms with van der Waals surface area (Å²) in [6, 6.07) is 3.77. The summed E-state index contributed by atoms with van der Waals surface area (Å²) in [4.78, 5) is 23.8. The molecule has 3 aliphatic rings. The Morgan fingerprint density at radius 3 is 2.70 bits per heavy atom. The van der Waals surface area contributed by atoms with Crippen LogP contribution in [-0.2, 0) is 10.2 Å². The van der Waals surface area contributed by atoms with Gasteiger partial charge in [0.05, 0.1) is 5.41 Å². The van der Waals surface area contributed by atoms with E-state index >= 15 is 0 Å². The largest absolute Gasteiger partial charge is 0.341 e. The summed E-state index contributed by atoms with van der Waals surface area (Å²) in [6.07, 6.45) is 12.5. The van der Waals surface area contributed by atoms with Crippen molar-refractivity contribution in [2.24, 2.45) is 11.8 Å². The molecule has 1 saturated heterocycles. The van der Waals surface area contributed by atoms with Crippen LogP contribution in [0, 0.1) is 11.8 Å². The molecule has 2 aromatic heterocycles. The Labute approximate surface area is 159 Å². The molecule has 0 spiro atoms. The maximum atomic E-state index is 12.9. The molecular formula is C21H26N4O2. The molecule has 2 aliphatic carbocycles. The van der Waals surface area contributed by atoms with Gasteiger partial charge in [0.25, 0.3) is 5.89 Å². The van der Waals surface area contributed by atoms with Gasteiger partial charge in [-0.25, -0.2) is 0 Å². The molecule has 2 saturated carbocycles. The van der Waals surface area contributed by atoms with Crippen molar-refractivity contribution in [1.82, 2.24) is 20.0 Å². The highest BCUT2D eigenvalue weighted by Gasteiger charge is 2.46. The smallest absolute Gasteiger partial charge is 0.258 e. The average molecular weight is 366 g/mol. The molecule has 142 valence electrons. The zero-order valence-electron chi connectivity index (χ0n) is 15.6. The maximum absolute atomic E-state index is 12.9. The summed E-state index contributed by atoms with van der Waals surface area (Å²) < 4.78 is 5.61. The van der Waals surface area contributed by atoms with Gasteiger partial charge in [0.1, 0.15) is 0 Å². The van der Waals surface area contributed by atoms with E-state index in [1.54, 1.807) is 12.4 Å². The summed E-state index contributed by atoms with van der Waals surface area (Å²) in [5, 5.41) is 4.40. The van der Waals surface area contributed by atoms with Gasteiger partial charge in [-0.1, -0.05) is 24.4 Å². The van der Waals surface area contributed by atoms with Gasteiger partial charge in [-0.2, -0.15) is 4.98 Å². The Hall–Kier alpha value is -2.24. The van der Waals surface area contributed by atoms with Crippen LogP contribution in [0.2, 0.25) is 0 Å². The minimum Gasteiger partial charge on any atom is -0.341 e. The zero-order chi connectivity index (χ0) is 18.3. The van der Waals surface area contributed by atoms with Crippen LogP contribution in [0.25, 0.3) is 11.5 Å². The Morgan fingerprint density at radius 2 is 2.00 bits per heavy atom. The molecule has 2 aromatic rings. The highest BCUT2D eigenvalue weighted by atomic mass is 16.5.